The van der Waals surface area contributed by atoms with Crippen LogP contribution in [0, 0.1) is 11.8 Å². The van der Waals surface area contributed by atoms with Gasteiger partial charge in [-0.3, -0.25) is 0 Å². The second-order valence-corrected chi connectivity index (χ2v) is 10.5. The molecule has 102 valence electrons. The minimum Gasteiger partial charge on any atom is -0.228 e. The van der Waals surface area contributed by atoms with Gasteiger partial charge in [-0.15, -0.1) is 0 Å². The first-order chi connectivity index (χ1) is 7.63. The van der Waals surface area contributed by atoms with Crippen molar-refractivity contribution in [3.05, 3.63) is 0 Å². The molecule has 1 fully saturated rings. The zero-order valence-corrected chi connectivity index (χ0v) is 13.8. The van der Waals surface area contributed by atoms with Gasteiger partial charge in [0.1, 0.15) is 0 Å². The molecule has 0 bridgehead atoms. The third-order valence-electron chi connectivity index (χ3n) is 3.84. The maximum Gasteiger partial charge on any atom is 0.155 e. The predicted molar refractivity (Wildman–Crippen MR) is 77.4 cm³/mol. The molecular weight excluding hydrogens is 300 g/mol. The molecule has 0 spiro atoms. The molecule has 0 radical (unpaired) electrons. The molecule has 3 unspecified atom stereocenters. The third kappa shape index (κ3) is 4.23. The maximum atomic E-state index is 12.1. The molecule has 1 aliphatic carbocycles. The van der Waals surface area contributed by atoms with Gasteiger partial charge in [-0.25, -0.2) is 8.42 Å². The first-order valence-corrected chi connectivity index (χ1v) is 9.06. The lowest BCUT2D eigenvalue weighted by Crippen LogP contribution is -2.33. The zero-order valence-electron chi connectivity index (χ0n) is 11.4. The highest BCUT2D eigenvalue weighted by Crippen LogP contribution is 2.36. The molecule has 0 aromatic heterocycles. The largest absolute Gasteiger partial charge is 0.228 e. The van der Waals surface area contributed by atoms with Gasteiger partial charge in [0.25, 0.3) is 0 Å². The number of hydrogen-bond donors (Lipinski definition) is 0. The van der Waals surface area contributed by atoms with Crippen molar-refractivity contribution in [3.8, 4) is 0 Å². The van der Waals surface area contributed by atoms with E-state index < -0.39 is 14.6 Å². The van der Waals surface area contributed by atoms with Crippen LogP contribution >= 0.6 is 15.9 Å². The predicted octanol–water partition coefficient (Wildman–Crippen LogP) is 3.79. The molecule has 0 aromatic carbocycles. The summed E-state index contributed by atoms with van der Waals surface area (Å²) in [5, 5.41) is 0. The normalized spacial score (nSPS) is 31.5. The molecule has 0 N–H and O–H groups in total. The van der Waals surface area contributed by atoms with E-state index >= 15 is 0 Å². The van der Waals surface area contributed by atoms with Crippen molar-refractivity contribution in [1.29, 1.82) is 0 Å². The van der Waals surface area contributed by atoms with Gasteiger partial charge in [0.2, 0.25) is 0 Å². The number of rotatable bonds is 3. The summed E-state index contributed by atoms with van der Waals surface area (Å²) in [6, 6.07) is 0. The minimum absolute atomic E-state index is 0.329. The van der Waals surface area contributed by atoms with Crippen LogP contribution in [0.4, 0.5) is 0 Å². The zero-order chi connectivity index (χ0) is 13.3. The van der Waals surface area contributed by atoms with E-state index in [4.69, 9.17) is 0 Å². The fourth-order valence-corrected chi connectivity index (χ4v) is 4.34. The summed E-state index contributed by atoms with van der Waals surface area (Å²) in [6.07, 6.45) is 4.41. The topological polar surface area (TPSA) is 34.1 Å². The monoisotopic (exact) mass is 324 g/mol. The van der Waals surface area contributed by atoms with Gasteiger partial charge in [-0.1, -0.05) is 22.9 Å². The first kappa shape index (κ1) is 15.5. The molecule has 0 amide bonds. The van der Waals surface area contributed by atoms with Crippen LogP contribution < -0.4 is 0 Å². The van der Waals surface area contributed by atoms with Crippen LogP contribution in [-0.2, 0) is 9.84 Å². The van der Waals surface area contributed by atoms with E-state index in [0.717, 1.165) is 18.8 Å². The van der Waals surface area contributed by atoms with Gasteiger partial charge >= 0.3 is 0 Å². The van der Waals surface area contributed by atoms with E-state index in [2.05, 4.69) is 22.9 Å². The fourth-order valence-electron chi connectivity index (χ4n) is 2.37. The van der Waals surface area contributed by atoms with Gasteiger partial charge in [-0.2, -0.15) is 0 Å². The van der Waals surface area contributed by atoms with Gasteiger partial charge in [0.05, 0.1) is 10.5 Å². The smallest absolute Gasteiger partial charge is 0.155 e. The molecule has 17 heavy (non-hydrogen) atoms. The summed E-state index contributed by atoms with van der Waals surface area (Å²) in [5.41, 5.74) is 0. The highest BCUT2D eigenvalue weighted by atomic mass is 79.9. The minimum atomic E-state index is -2.96. The molecule has 1 aliphatic rings. The van der Waals surface area contributed by atoms with Gasteiger partial charge in [0.15, 0.2) is 9.84 Å². The summed E-state index contributed by atoms with van der Waals surface area (Å²) >= 11 is 3.71. The summed E-state index contributed by atoms with van der Waals surface area (Å²) in [5.74, 6) is 1.60. The summed E-state index contributed by atoms with van der Waals surface area (Å²) in [7, 11) is -2.96. The van der Waals surface area contributed by atoms with Crippen molar-refractivity contribution in [2.24, 2.45) is 11.8 Å². The Balaban J connectivity index is 2.56. The molecule has 0 saturated heterocycles. The standard InChI is InChI=1S/C13H25BrO2S/c1-10-5-6-12(14)11(9-10)7-8-17(15,16)13(2,3)4/h10-12H,5-9H2,1-4H3. The van der Waals surface area contributed by atoms with Crippen LogP contribution in [-0.4, -0.2) is 23.7 Å². The second-order valence-electron chi connectivity index (χ2n) is 6.41. The Kier molecular flexibility index (Phi) is 5.10. The molecule has 0 heterocycles. The lowest BCUT2D eigenvalue weighted by atomic mass is 9.81. The summed E-state index contributed by atoms with van der Waals surface area (Å²) in [6.45, 7) is 7.64. The van der Waals surface area contributed by atoms with Gasteiger partial charge < -0.3 is 0 Å². The summed E-state index contributed by atoms with van der Waals surface area (Å²) < 4.78 is 23.5. The van der Waals surface area contributed by atoms with Crippen molar-refractivity contribution in [3.63, 3.8) is 0 Å². The van der Waals surface area contributed by atoms with Crippen molar-refractivity contribution >= 4 is 25.8 Å². The average molecular weight is 325 g/mol. The van der Waals surface area contributed by atoms with Crippen molar-refractivity contribution in [2.75, 3.05) is 5.75 Å². The number of alkyl halides is 1. The fraction of sp³-hybridized carbons (Fsp3) is 1.00. The molecule has 2 nitrogen and oxygen atoms in total. The second kappa shape index (κ2) is 5.60. The molecule has 0 aliphatic heterocycles. The Morgan fingerprint density at radius 2 is 1.82 bits per heavy atom. The molecular formula is C13H25BrO2S. The van der Waals surface area contributed by atoms with E-state index in [9.17, 15) is 8.42 Å². The quantitative estimate of drug-likeness (QED) is 0.740. The molecule has 1 saturated carbocycles. The SMILES string of the molecule is CC1CCC(Br)C(CCS(=O)(=O)C(C)(C)C)C1. The summed E-state index contributed by atoms with van der Waals surface area (Å²) in [4.78, 5) is 0.508. The first-order valence-electron chi connectivity index (χ1n) is 6.50. The number of sulfone groups is 1. The molecule has 1 rings (SSSR count). The molecule has 4 heteroatoms. The maximum absolute atomic E-state index is 12.1. The van der Waals surface area contributed by atoms with Crippen molar-refractivity contribution in [2.45, 2.75) is 63.0 Å². The lowest BCUT2D eigenvalue weighted by Gasteiger charge is -2.32. The van der Waals surface area contributed by atoms with Crippen LogP contribution in [0.15, 0.2) is 0 Å². The highest BCUT2D eigenvalue weighted by molar-refractivity contribution is 9.09. The Bertz CT molecular complexity index is 343. The van der Waals surface area contributed by atoms with E-state index in [1.165, 1.54) is 12.8 Å². The van der Waals surface area contributed by atoms with Crippen molar-refractivity contribution in [1.82, 2.24) is 0 Å². The van der Waals surface area contributed by atoms with Gasteiger partial charge in [-0.05, 0) is 58.3 Å². The van der Waals surface area contributed by atoms with Crippen LogP contribution in [0.1, 0.15) is 53.4 Å². The Labute approximate surface area is 115 Å². The Hall–Kier alpha value is 0.430. The number of hydrogen-bond acceptors (Lipinski definition) is 2. The van der Waals surface area contributed by atoms with Gasteiger partial charge in [0, 0.05) is 4.83 Å². The van der Waals surface area contributed by atoms with E-state index in [1.54, 1.807) is 20.8 Å². The number of halogens is 1. The van der Waals surface area contributed by atoms with Crippen LogP contribution in [0.5, 0.6) is 0 Å². The van der Waals surface area contributed by atoms with Crippen LogP contribution in [0.2, 0.25) is 0 Å². The average Bonchev–Trinajstić information content (AvgIpc) is 2.18. The van der Waals surface area contributed by atoms with E-state index in [1.807, 2.05) is 0 Å². The van der Waals surface area contributed by atoms with E-state index in [0.29, 0.717) is 16.5 Å². The molecule has 0 aromatic rings. The van der Waals surface area contributed by atoms with Crippen LogP contribution in [0.25, 0.3) is 0 Å². The Morgan fingerprint density at radius 1 is 1.24 bits per heavy atom. The van der Waals surface area contributed by atoms with E-state index in [-0.39, 0.29) is 0 Å². The highest BCUT2D eigenvalue weighted by Gasteiger charge is 2.32. The molecule has 3 atom stereocenters. The third-order valence-corrected chi connectivity index (χ3v) is 7.69. The Morgan fingerprint density at radius 3 is 2.35 bits per heavy atom. The van der Waals surface area contributed by atoms with Crippen LogP contribution in [0.3, 0.4) is 0 Å². The lowest BCUT2D eigenvalue weighted by molar-refractivity contribution is 0.289. The van der Waals surface area contributed by atoms with Crippen molar-refractivity contribution < 1.29 is 8.42 Å².